The Bertz CT molecular complexity index is 533. The van der Waals surface area contributed by atoms with E-state index in [0.717, 1.165) is 17.7 Å². The topological polar surface area (TPSA) is 63.8 Å². The van der Waals surface area contributed by atoms with Crippen LogP contribution < -0.4 is 5.32 Å². The van der Waals surface area contributed by atoms with E-state index in [-0.39, 0.29) is 5.54 Å². The Labute approximate surface area is 107 Å². The summed E-state index contributed by atoms with van der Waals surface area (Å²) in [5.74, 6) is 1.11. The summed E-state index contributed by atoms with van der Waals surface area (Å²) in [6.45, 7) is 6.06. The maximum absolute atomic E-state index is 5.31. The van der Waals surface area contributed by atoms with Crippen LogP contribution in [-0.2, 0) is 12.0 Å². The minimum atomic E-state index is -0.341. The maximum Gasteiger partial charge on any atom is 0.246 e. The van der Waals surface area contributed by atoms with Gasteiger partial charge in [-0.2, -0.15) is 4.98 Å². The number of aryl methyl sites for hydroxylation is 1. The summed E-state index contributed by atoms with van der Waals surface area (Å²) in [6.07, 6.45) is 2.64. The van der Waals surface area contributed by atoms with Crippen molar-refractivity contribution < 1.29 is 4.52 Å². The maximum atomic E-state index is 5.31. The minimum Gasteiger partial charge on any atom is -0.337 e. The van der Waals surface area contributed by atoms with Crippen molar-refractivity contribution in [3.63, 3.8) is 0 Å². The Morgan fingerprint density at radius 2 is 2.17 bits per heavy atom. The van der Waals surface area contributed by atoms with E-state index in [0.29, 0.717) is 11.7 Å². The highest BCUT2D eigenvalue weighted by Gasteiger charge is 2.26. The first-order valence-corrected chi connectivity index (χ1v) is 6.06. The molecule has 0 aliphatic carbocycles. The minimum absolute atomic E-state index is 0.341. The van der Waals surface area contributed by atoms with E-state index in [1.165, 1.54) is 0 Å². The van der Waals surface area contributed by atoms with E-state index in [2.05, 4.69) is 27.4 Å². The molecule has 0 unspecified atom stereocenters. The van der Waals surface area contributed by atoms with Gasteiger partial charge in [0.25, 0.3) is 0 Å². The fraction of sp³-hybridized carbons (Fsp3) is 0.462. The monoisotopic (exact) mass is 246 g/mol. The lowest BCUT2D eigenvalue weighted by molar-refractivity contribution is 0.281. The van der Waals surface area contributed by atoms with Gasteiger partial charge in [-0.15, -0.1) is 0 Å². The molecule has 0 aromatic carbocycles. The van der Waals surface area contributed by atoms with Crippen LogP contribution in [0.5, 0.6) is 0 Å². The van der Waals surface area contributed by atoms with Gasteiger partial charge in [-0.25, -0.2) is 0 Å². The lowest BCUT2D eigenvalue weighted by atomic mass is 10.1. The standard InChI is InChI=1S/C13H18N4O/c1-5-9-7-6-8-15-10(9)11-16-12(18-17-11)13(2,3)14-4/h6-8,14H,5H2,1-4H3. The van der Waals surface area contributed by atoms with E-state index >= 15 is 0 Å². The van der Waals surface area contributed by atoms with Crippen LogP contribution in [0, 0.1) is 0 Å². The SMILES string of the molecule is CCc1cccnc1-c1noc(C(C)(C)NC)n1. The highest BCUT2D eigenvalue weighted by Crippen LogP contribution is 2.23. The third-order valence-electron chi connectivity index (χ3n) is 3.07. The molecule has 2 rings (SSSR count). The van der Waals surface area contributed by atoms with Crippen LogP contribution in [0.25, 0.3) is 11.5 Å². The average Bonchev–Trinajstić information content (AvgIpc) is 2.89. The molecule has 2 aromatic rings. The Hall–Kier alpha value is -1.75. The van der Waals surface area contributed by atoms with Crippen molar-refractivity contribution in [1.82, 2.24) is 20.4 Å². The summed E-state index contributed by atoms with van der Waals surface area (Å²) in [7, 11) is 1.86. The van der Waals surface area contributed by atoms with Crippen molar-refractivity contribution in [2.75, 3.05) is 7.05 Å². The molecule has 0 bridgehead atoms. The van der Waals surface area contributed by atoms with Gasteiger partial charge in [-0.05, 0) is 38.9 Å². The first-order valence-electron chi connectivity index (χ1n) is 6.06. The molecule has 0 fully saturated rings. The Balaban J connectivity index is 2.41. The smallest absolute Gasteiger partial charge is 0.246 e. The summed E-state index contributed by atoms with van der Waals surface area (Å²) >= 11 is 0. The number of pyridine rings is 1. The summed E-state index contributed by atoms with van der Waals surface area (Å²) < 4.78 is 5.31. The van der Waals surface area contributed by atoms with Crippen LogP contribution in [0.1, 0.15) is 32.2 Å². The molecular formula is C13H18N4O. The number of nitrogens with one attached hydrogen (secondary N) is 1. The highest BCUT2D eigenvalue weighted by atomic mass is 16.5. The highest BCUT2D eigenvalue weighted by molar-refractivity contribution is 5.53. The first kappa shape index (κ1) is 12.7. The molecule has 0 saturated heterocycles. The van der Waals surface area contributed by atoms with Crippen LogP contribution in [0.4, 0.5) is 0 Å². The summed E-state index contributed by atoms with van der Waals surface area (Å²) in [4.78, 5) is 8.76. The predicted molar refractivity (Wildman–Crippen MR) is 69.0 cm³/mol. The molecule has 18 heavy (non-hydrogen) atoms. The molecule has 0 spiro atoms. The van der Waals surface area contributed by atoms with E-state index < -0.39 is 0 Å². The molecule has 0 saturated carbocycles. The Kier molecular flexibility index (Phi) is 3.43. The van der Waals surface area contributed by atoms with Crippen LogP contribution in [0.3, 0.4) is 0 Å². The largest absolute Gasteiger partial charge is 0.337 e. The first-order chi connectivity index (χ1) is 8.58. The van der Waals surface area contributed by atoms with Crippen molar-refractivity contribution in [1.29, 1.82) is 0 Å². The molecule has 5 heteroatoms. The average molecular weight is 246 g/mol. The van der Waals surface area contributed by atoms with Gasteiger partial charge in [0.15, 0.2) is 0 Å². The lowest BCUT2D eigenvalue weighted by Gasteiger charge is -2.17. The van der Waals surface area contributed by atoms with E-state index in [1.807, 2.05) is 33.0 Å². The molecule has 2 heterocycles. The molecule has 1 N–H and O–H groups in total. The molecule has 0 atom stereocenters. The van der Waals surface area contributed by atoms with Crippen LogP contribution >= 0.6 is 0 Å². The summed E-state index contributed by atoms with van der Waals surface area (Å²) in [5, 5.41) is 7.16. The molecule has 5 nitrogen and oxygen atoms in total. The zero-order valence-corrected chi connectivity index (χ0v) is 11.2. The van der Waals surface area contributed by atoms with Crippen molar-refractivity contribution in [2.45, 2.75) is 32.7 Å². The number of rotatable bonds is 4. The molecule has 96 valence electrons. The van der Waals surface area contributed by atoms with Crippen LogP contribution in [0.2, 0.25) is 0 Å². The second-order valence-electron chi connectivity index (χ2n) is 4.66. The van der Waals surface area contributed by atoms with Gasteiger partial charge >= 0.3 is 0 Å². The fourth-order valence-corrected chi connectivity index (χ4v) is 1.61. The zero-order valence-electron chi connectivity index (χ0n) is 11.2. The van der Waals surface area contributed by atoms with Crippen molar-refractivity contribution in [3.8, 4) is 11.5 Å². The van der Waals surface area contributed by atoms with E-state index in [9.17, 15) is 0 Å². The van der Waals surface area contributed by atoms with Gasteiger partial charge in [-0.3, -0.25) is 4.98 Å². The normalized spacial score (nSPS) is 11.8. The third-order valence-corrected chi connectivity index (χ3v) is 3.07. The van der Waals surface area contributed by atoms with E-state index in [1.54, 1.807) is 6.20 Å². The second-order valence-corrected chi connectivity index (χ2v) is 4.66. The Morgan fingerprint density at radius 1 is 1.39 bits per heavy atom. The Morgan fingerprint density at radius 3 is 2.83 bits per heavy atom. The van der Waals surface area contributed by atoms with Crippen molar-refractivity contribution >= 4 is 0 Å². The quantitative estimate of drug-likeness (QED) is 0.895. The second kappa shape index (κ2) is 4.86. The van der Waals surface area contributed by atoms with Gasteiger partial charge in [-0.1, -0.05) is 18.1 Å². The van der Waals surface area contributed by atoms with Crippen molar-refractivity contribution in [3.05, 3.63) is 29.8 Å². The number of aromatic nitrogens is 3. The van der Waals surface area contributed by atoms with Gasteiger partial charge in [0.1, 0.15) is 5.69 Å². The fourth-order valence-electron chi connectivity index (χ4n) is 1.61. The number of nitrogens with zero attached hydrogens (tertiary/aromatic N) is 3. The third kappa shape index (κ3) is 2.26. The predicted octanol–water partition coefficient (Wildman–Crippen LogP) is 2.15. The van der Waals surface area contributed by atoms with Gasteiger partial charge < -0.3 is 9.84 Å². The molecule has 0 amide bonds. The molecule has 0 aliphatic heterocycles. The molecular weight excluding hydrogens is 228 g/mol. The number of hydrogen-bond acceptors (Lipinski definition) is 5. The zero-order chi connectivity index (χ0) is 13.2. The lowest BCUT2D eigenvalue weighted by Crippen LogP contribution is -2.33. The molecule has 0 radical (unpaired) electrons. The molecule has 0 aliphatic rings. The summed E-state index contributed by atoms with van der Waals surface area (Å²) in [6, 6.07) is 3.95. The van der Waals surface area contributed by atoms with Gasteiger partial charge in [0.2, 0.25) is 11.7 Å². The summed E-state index contributed by atoms with van der Waals surface area (Å²) in [5.41, 5.74) is 1.57. The molecule has 2 aromatic heterocycles. The van der Waals surface area contributed by atoms with Crippen LogP contribution in [-0.4, -0.2) is 22.2 Å². The van der Waals surface area contributed by atoms with Crippen molar-refractivity contribution in [2.24, 2.45) is 0 Å². The van der Waals surface area contributed by atoms with E-state index in [4.69, 9.17) is 4.52 Å². The van der Waals surface area contributed by atoms with Crippen LogP contribution in [0.15, 0.2) is 22.9 Å². The van der Waals surface area contributed by atoms with Gasteiger partial charge in [0, 0.05) is 6.20 Å². The van der Waals surface area contributed by atoms with Gasteiger partial charge in [0.05, 0.1) is 5.54 Å². The number of hydrogen-bond donors (Lipinski definition) is 1.